The molecular formula is C13H21NO2. The normalized spacial score (nSPS) is 11.5. The van der Waals surface area contributed by atoms with Crippen molar-refractivity contribution in [1.82, 2.24) is 5.32 Å². The predicted molar refractivity (Wildman–Crippen MR) is 67.0 cm³/mol. The number of hydrogen-bond donors (Lipinski definition) is 2. The third-order valence-electron chi connectivity index (χ3n) is 2.20. The number of aliphatic hydroxyl groups excluding tert-OH is 1. The van der Waals surface area contributed by atoms with Crippen molar-refractivity contribution >= 4 is 5.78 Å². The van der Waals surface area contributed by atoms with E-state index in [4.69, 9.17) is 5.11 Å². The first-order chi connectivity index (χ1) is 7.38. The van der Waals surface area contributed by atoms with Crippen LogP contribution in [0.4, 0.5) is 0 Å². The van der Waals surface area contributed by atoms with Crippen molar-refractivity contribution in [3.05, 3.63) is 36.1 Å². The lowest BCUT2D eigenvalue weighted by Crippen LogP contribution is -2.26. The Morgan fingerprint density at radius 2 is 2.00 bits per heavy atom. The summed E-state index contributed by atoms with van der Waals surface area (Å²) in [5.41, 5.74) is 2.73. The molecule has 3 heteroatoms. The largest absolute Gasteiger partial charge is 0.389 e. The second-order valence-electron chi connectivity index (χ2n) is 4.10. The number of Topliss-reactive ketones (excluding diaryl/α,β-unsaturated/α-hetero) is 1. The van der Waals surface area contributed by atoms with Gasteiger partial charge in [0.25, 0.3) is 0 Å². The number of ketones is 1. The number of nitrogens with one attached hydrogen (secondary N) is 1. The summed E-state index contributed by atoms with van der Waals surface area (Å²) in [7, 11) is 0. The number of rotatable bonds is 7. The molecule has 0 bridgehead atoms. The summed E-state index contributed by atoms with van der Waals surface area (Å²) in [4.78, 5) is 11.2. The summed E-state index contributed by atoms with van der Waals surface area (Å²) in [6, 6.07) is 0. The van der Waals surface area contributed by atoms with E-state index in [0.717, 1.165) is 5.57 Å². The lowest BCUT2D eigenvalue weighted by Gasteiger charge is -2.15. The molecule has 0 radical (unpaired) electrons. The van der Waals surface area contributed by atoms with Crippen molar-refractivity contribution in [2.24, 2.45) is 5.92 Å². The van der Waals surface area contributed by atoms with E-state index in [1.165, 1.54) is 5.57 Å². The van der Waals surface area contributed by atoms with E-state index in [1.54, 1.807) is 6.92 Å². The van der Waals surface area contributed by atoms with E-state index in [-0.39, 0.29) is 11.7 Å². The summed E-state index contributed by atoms with van der Waals surface area (Å²) in [5.74, 6) is -0.602. The van der Waals surface area contributed by atoms with Crippen LogP contribution in [0.25, 0.3) is 0 Å². The summed E-state index contributed by atoms with van der Waals surface area (Å²) in [6.07, 6.45) is 1.97. The highest BCUT2D eigenvalue weighted by Gasteiger charge is 2.14. The Labute approximate surface area is 97.6 Å². The van der Waals surface area contributed by atoms with Crippen molar-refractivity contribution < 1.29 is 9.90 Å². The van der Waals surface area contributed by atoms with Crippen molar-refractivity contribution in [3.63, 3.8) is 0 Å². The van der Waals surface area contributed by atoms with Crippen LogP contribution < -0.4 is 5.32 Å². The predicted octanol–water partition coefficient (Wildman–Crippen LogP) is 1.81. The first-order valence-electron chi connectivity index (χ1n) is 5.27. The van der Waals surface area contributed by atoms with Gasteiger partial charge >= 0.3 is 0 Å². The molecule has 1 unspecified atom stereocenters. The van der Waals surface area contributed by atoms with Crippen molar-refractivity contribution in [2.45, 2.75) is 20.8 Å². The van der Waals surface area contributed by atoms with Gasteiger partial charge in [0.15, 0.2) is 5.78 Å². The molecule has 0 fully saturated rings. The van der Waals surface area contributed by atoms with Gasteiger partial charge in [0.1, 0.15) is 6.61 Å². The maximum Gasteiger partial charge on any atom is 0.166 e. The van der Waals surface area contributed by atoms with Gasteiger partial charge in [-0.15, -0.1) is 0 Å². The number of allylic oxidation sites excluding steroid dienone is 2. The van der Waals surface area contributed by atoms with Crippen LogP contribution in [0.15, 0.2) is 36.1 Å². The molecule has 0 saturated heterocycles. The molecule has 0 aliphatic carbocycles. The Bertz CT molecular complexity index is 312. The number of hydrogen-bond acceptors (Lipinski definition) is 3. The van der Waals surface area contributed by atoms with Gasteiger partial charge in [-0.2, -0.15) is 0 Å². The third-order valence-corrected chi connectivity index (χ3v) is 2.20. The van der Waals surface area contributed by atoms with Gasteiger partial charge in [-0.25, -0.2) is 0 Å². The Hall–Kier alpha value is -1.35. The van der Waals surface area contributed by atoms with Crippen LogP contribution in [0, 0.1) is 5.92 Å². The van der Waals surface area contributed by atoms with Crippen LogP contribution in [0.3, 0.4) is 0 Å². The van der Waals surface area contributed by atoms with Gasteiger partial charge in [0.2, 0.25) is 0 Å². The minimum absolute atomic E-state index is 0.231. The second-order valence-corrected chi connectivity index (χ2v) is 4.10. The fourth-order valence-electron chi connectivity index (χ4n) is 1.17. The molecular weight excluding hydrogens is 202 g/mol. The van der Waals surface area contributed by atoms with Gasteiger partial charge in [-0.05, 0) is 26.3 Å². The monoisotopic (exact) mass is 223 g/mol. The fourth-order valence-corrected chi connectivity index (χ4v) is 1.17. The molecule has 0 spiro atoms. The van der Waals surface area contributed by atoms with E-state index in [1.807, 2.05) is 19.9 Å². The zero-order valence-electron chi connectivity index (χ0n) is 10.3. The molecule has 0 aromatic heterocycles. The molecule has 2 N–H and O–H groups in total. The molecule has 1 atom stereocenters. The number of aliphatic hydroxyl groups is 1. The van der Waals surface area contributed by atoms with Gasteiger partial charge < -0.3 is 10.4 Å². The molecule has 0 rings (SSSR count). The van der Waals surface area contributed by atoms with Crippen LogP contribution in [-0.4, -0.2) is 24.0 Å². The zero-order chi connectivity index (χ0) is 12.7. The Morgan fingerprint density at radius 1 is 1.44 bits per heavy atom. The topological polar surface area (TPSA) is 49.3 Å². The van der Waals surface area contributed by atoms with Gasteiger partial charge in [-0.1, -0.05) is 24.8 Å². The van der Waals surface area contributed by atoms with Crippen LogP contribution in [-0.2, 0) is 4.79 Å². The SMILES string of the molecule is C=C(C=C(C)C)CNC(=C)C(C)C(=O)CO. The Balaban J connectivity index is 4.13. The molecule has 0 aliphatic heterocycles. The lowest BCUT2D eigenvalue weighted by atomic mass is 10.0. The molecule has 0 aromatic rings. The number of carbonyl (C=O) groups excluding carboxylic acids is 1. The Kier molecular flexibility index (Phi) is 6.42. The maximum absolute atomic E-state index is 11.2. The highest BCUT2D eigenvalue weighted by molar-refractivity contribution is 5.84. The molecule has 16 heavy (non-hydrogen) atoms. The van der Waals surface area contributed by atoms with Crippen LogP contribution in [0.1, 0.15) is 20.8 Å². The van der Waals surface area contributed by atoms with Crippen LogP contribution >= 0.6 is 0 Å². The quantitative estimate of drug-likeness (QED) is 0.647. The van der Waals surface area contributed by atoms with E-state index in [0.29, 0.717) is 12.2 Å². The summed E-state index contributed by atoms with van der Waals surface area (Å²) in [6.45, 7) is 13.5. The van der Waals surface area contributed by atoms with Crippen molar-refractivity contribution in [2.75, 3.05) is 13.2 Å². The first-order valence-corrected chi connectivity index (χ1v) is 5.27. The van der Waals surface area contributed by atoms with Crippen molar-refractivity contribution in [3.8, 4) is 0 Å². The smallest absolute Gasteiger partial charge is 0.166 e. The third kappa shape index (κ3) is 5.51. The molecule has 90 valence electrons. The Morgan fingerprint density at radius 3 is 2.44 bits per heavy atom. The summed E-state index contributed by atoms with van der Waals surface area (Å²) < 4.78 is 0. The molecule has 0 saturated carbocycles. The van der Waals surface area contributed by atoms with Gasteiger partial charge in [0.05, 0.1) is 5.92 Å². The van der Waals surface area contributed by atoms with Crippen LogP contribution in [0.2, 0.25) is 0 Å². The lowest BCUT2D eigenvalue weighted by molar-refractivity contribution is -0.124. The van der Waals surface area contributed by atoms with E-state index < -0.39 is 6.61 Å². The van der Waals surface area contributed by atoms with E-state index in [9.17, 15) is 4.79 Å². The highest BCUT2D eigenvalue weighted by atomic mass is 16.3. The van der Waals surface area contributed by atoms with E-state index >= 15 is 0 Å². The minimum atomic E-state index is -0.448. The van der Waals surface area contributed by atoms with E-state index in [2.05, 4.69) is 18.5 Å². The average molecular weight is 223 g/mol. The number of carbonyl (C=O) groups is 1. The van der Waals surface area contributed by atoms with Gasteiger partial charge in [0, 0.05) is 12.2 Å². The first kappa shape index (κ1) is 14.6. The highest BCUT2D eigenvalue weighted by Crippen LogP contribution is 2.07. The molecule has 0 aromatic carbocycles. The van der Waals surface area contributed by atoms with Crippen LogP contribution in [0.5, 0.6) is 0 Å². The molecule has 0 aliphatic rings. The molecule has 0 amide bonds. The molecule has 3 nitrogen and oxygen atoms in total. The van der Waals surface area contributed by atoms with Gasteiger partial charge in [-0.3, -0.25) is 4.79 Å². The average Bonchev–Trinajstić information content (AvgIpc) is 2.22. The maximum atomic E-state index is 11.2. The summed E-state index contributed by atoms with van der Waals surface area (Å²) >= 11 is 0. The zero-order valence-corrected chi connectivity index (χ0v) is 10.3. The van der Waals surface area contributed by atoms with Crippen molar-refractivity contribution in [1.29, 1.82) is 0 Å². The standard InChI is InChI=1S/C13H21NO2/c1-9(2)6-10(3)7-14-12(5)11(4)13(16)8-15/h6,11,14-15H,3,5,7-8H2,1-2,4H3. The minimum Gasteiger partial charge on any atom is -0.389 e. The second kappa shape index (κ2) is 7.01. The summed E-state index contributed by atoms with van der Waals surface area (Å²) in [5, 5.41) is 11.7. The fraction of sp³-hybridized carbons (Fsp3) is 0.462. The molecule has 0 heterocycles.